The molecule has 0 aliphatic rings. The average Bonchev–Trinajstić information content (AvgIpc) is 3.16. The molecule has 0 radical (unpaired) electrons. The van der Waals surface area contributed by atoms with Crippen LogP contribution in [0.15, 0.2) is 47.8 Å². The van der Waals surface area contributed by atoms with Crippen molar-refractivity contribution in [3.8, 4) is 16.3 Å². The van der Waals surface area contributed by atoms with Gasteiger partial charge in [-0.2, -0.15) is 0 Å². The van der Waals surface area contributed by atoms with Crippen LogP contribution in [-0.2, 0) is 6.54 Å². The Morgan fingerprint density at radius 3 is 2.63 bits per heavy atom. The van der Waals surface area contributed by atoms with Crippen molar-refractivity contribution in [1.82, 2.24) is 9.88 Å². The van der Waals surface area contributed by atoms with E-state index in [0.717, 1.165) is 10.6 Å². The molecule has 3 rings (SSSR count). The molecule has 4 nitrogen and oxygen atoms in total. The fourth-order valence-corrected chi connectivity index (χ4v) is 3.54. The summed E-state index contributed by atoms with van der Waals surface area (Å²) in [5, 5.41) is 3.14. The third kappa shape index (κ3) is 4.46. The Morgan fingerprint density at radius 1 is 1.26 bits per heavy atom. The number of benzene rings is 2. The number of aromatic nitrogens is 1. The highest BCUT2D eigenvalue weighted by molar-refractivity contribution is 7.13. The second-order valence-corrected chi connectivity index (χ2v) is 7.13. The molecule has 27 heavy (non-hydrogen) atoms. The highest BCUT2D eigenvalue weighted by Crippen LogP contribution is 2.26. The van der Waals surface area contributed by atoms with E-state index in [1.165, 1.54) is 24.5 Å². The molecular formula is C20H18ClFN2O2S. The van der Waals surface area contributed by atoms with E-state index in [1.807, 2.05) is 19.1 Å². The molecule has 0 atom stereocenters. The SMILES string of the molecule is CCN(Cc1ccc(OC)c(F)c1)C(=O)c1csc(-c2ccc(Cl)cc2)n1. The third-order valence-corrected chi connectivity index (χ3v) is 5.22. The molecule has 0 aliphatic carbocycles. The number of halogens is 2. The van der Waals surface area contributed by atoms with Crippen LogP contribution >= 0.6 is 22.9 Å². The van der Waals surface area contributed by atoms with Gasteiger partial charge in [-0.1, -0.05) is 29.8 Å². The zero-order valence-corrected chi connectivity index (χ0v) is 16.5. The Balaban J connectivity index is 1.77. The normalized spacial score (nSPS) is 10.7. The van der Waals surface area contributed by atoms with Crippen molar-refractivity contribution in [2.24, 2.45) is 0 Å². The van der Waals surface area contributed by atoms with Gasteiger partial charge in [0.25, 0.3) is 5.91 Å². The lowest BCUT2D eigenvalue weighted by molar-refractivity contribution is 0.0747. The second kappa shape index (κ2) is 8.50. The van der Waals surface area contributed by atoms with Crippen LogP contribution in [0, 0.1) is 5.82 Å². The van der Waals surface area contributed by atoms with Gasteiger partial charge in [-0.25, -0.2) is 9.37 Å². The second-order valence-electron chi connectivity index (χ2n) is 5.83. The summed E-state index contributed by atoms with van der Waals surface area (Å²) in [6, 6.07) is 12.0. The van der Waals surface area contributed by atoms with Crippen molar-refractivity contribution in [3.05, 3.63) is 69.9 Å². The number of hydrogen-bond acceptors (Lipinski definition) is 4. The smallest absolute Gasteiger partial charge is 0.273 e. The maximum Gasteiger partial charge on any atom is 0.273 e. The fraction of sp³-hybridized carbons (Fsp3) is 0.200. The van der Waals surface area contributed by atoms with Crippen molar-refractivity contribution in [2.75, 3.05) is 13.7 Å². The van der Waals surface area contributed by atoms with E-state index in [-0.39, 0.29) is 11.7 Å². The van der Waals surface area contributed by atoms with Gasteiger partial charge in [-0.15, -0.1) is 11.3 Å². The van der Waals surface area contributed by atoms with Crippen LogP contribution in [-0.4, -0.2) is 29.4 Å². The molecule has 2 aromatic carbocycles. The first-order chi connectivity index (χ1) is 13.0. The van der Waals surface area contributed by atoms with Gasteiger partial charge >= 0.3 is 0 Å². The van der Waals surface area contributed by atoms with Crippen LogP contribution in [0.2, 0.25) is 5.02 Å². The maximum absolute atomic E-state index is 13.9. The Bertz CT molecular complexity index is 943. The maximum atomic E-state index is 13.9. The predicted molar refractivity (Wildman–Crippen MR) is 106 cm³/mol. The third-order valence-electron chi connectivity index (χ3n) is 4.07. The topological polar surface area (TPSA) is 42.4 Å². The molecule has 0 bridgehead atoms. The van der Waals surface area contributed by atoms with E-state index in [0.29, 0.717) is 29.4 Å². The zero-order valence-electron chi connectivity index (χ0n) is 14.9. The van der Waals surface area contributed by atoms with E-state index in [4.69, 9.17) is 16.3 Å². The Labute approximate surface area is 166 Å². The highest BCUT2D eigenvalue weighted by atomic mass is 35.5. The van der Waals surface area contributed by atoms with E-state index < -0.39 is 5.82 Å². The van der Waals surface area contributed by atoms with Crippen molar-refractivity contribution in [2.45, 2.75) is 13.5 Å². The Morgan fingerprint density at radius 2 is 2.00 bits per heavy atom. The molecule has 0 spiro atoms. The van der Waals surface area contributed by atoms with E-state index in [9.17, 15) is 9.18 Å². The molecule has 0 saturated carbocycles. The van der Waals surface area contributed by atoms with Gasteiger partial charge in [0.2, 0.25) is 0 Å². The summed E-state index contributed by atoms with van der Waals surface area (Å²) in [4.78, 5) is 18.9. The van der Waals surface area contributed by atoms with E-state index in [1.54, 1.807) is 34.5 Å². The lowest BCUT2D eigenvalue weighted by Gasteiger charge is -2.20. The molecule has 7 heteroatoms. The first-order valence-corrected chi connectivity index (χ1v) is 9.60. The number of amides is 1. The van der Waals surface area contributed by atoms with Gasteiger partial charge in [0.05, 0.1) is 7.11 Å². The van der Waals surface area contributed by atoms with Gasteiger partial charge in [-0.05, 0) is 36.8 Å². The van der Waals surface area contributed by atoms with Gasteiger partial charge in [0, 0.05) is 29.1 Å². The largest absolute Gasteiger partial charge is 0.494 e. The summed E-state index contributed by atoms with van der Waals surface area (Å²) in [6.45, 7) is 2.66. The molecule has 1 amide bonds. The van der Waals surface area contributed by atoms with Crippen LogP contribution < -0.4 is 4.74 Å². The van der Waals surface area contributed by atoms with E-state index >= 15 is 0 Å². The quantitative estimate of drug-likeness (QED) is 0.561. The predicted octanol–water partition coefficient (Wildman–Crippen LogP) is 5.27. The van der Waals surface area contributed by atoms with E-state index in [2.05, 4.69) is 4.98 Å². The zero-order chi connectivity index (χ0) is 19.4. The fourth-order valence-electron chi connectivity index (χ4n) is 2.61. The summed E-state index contributed by atoms with van der Waals surface area (Å²) in [7, 11) is 1.42. The van der Waals surface area contributed by atoms with Crippen molar-refractivity contribution in [1.29, 1.82) is 0 Å². The summed E-state index contributed by atoms with van der Waals surface area (Å²) in [5.41, 5.74) is 1.97. The number of ether oxygens (including phenoxy) is 1. The van der Waals surface area contributed by atoms with Crippen molar-refractivity contribution < 1.29 is 13.9 Å². The molecule has 0 unspecified atom stereocenters. The minimum atomic E-state index is -0.447. The lowest BCUT2D eigenvalue weighted by Crippen LogP contribution is -2.30. The van der Waals surface area contributed by atoms with Gasteiger partial charge in [0.15, 0.2) is 11.6 Å². The molecular weight excluding hydrogens is 387 g/mol. The average molecular weight is 405 g/mol. The molecule has 0 aliphatic heterocycles. The van der Waals surface area contributed by atoms with Crippen molar-refractivity contribution >= 4 is 28.8 Å². The minimum absolute atomic E-state index is 0.181. The number of hydrogen-bond donors (Lipinski definition) is 0. The summed E-state index contributed by atoms with van der Waals surface area (Å²) in [5.74, 6) is -0.456. The molecule has 1 aromatic heterocycles. The van der Waals surface area contributed by atoms with Gasteiger partial charge < -0.3 is 9.64 Å². The molecule has 3 aromatic rings. The number of carbonyl (C=O) groups is 1. The van der Waals surface area contributed by atoms with Crippen LogP contribution in [0.3, 0.4) is 0 Å². The summed E-state index contributed by atoms with van der Waals surface area (Å²) >= 11 is 7.31. The van der Waals surface area contributed by atoms with Gasteiger partial charge in [0.1, 0.15) is 10.7 Å². The first kappa shape index (κ1) is 19.3. The summed E-state index contributed by atoms with van der Waals surface area (Å²) < 4.78 is 18.8. The van der Waals surface area contributed by atoms with Crippen LogP contribution in [0.5, 0.6) is 5.75 Å². The number of carbonyl (C=O) groups excluding carboxylic acids is 1. The lowest BCUT2D eigenvalue weighted by atomic mass is 10.2. The molecule has 140 valence electrons. The van der Waals surface area contributed by atoms with Crippen LogP contribution in [0.4, 0.5) is 4.39 Å². The standard InChI is InChI=1S/C20H18ClFN2O2S/c1-3-24(11-13-4-9-18(26-2)16(22)10-13)20(25)17-12-27-19(23-17)14-5-7-15(21)8-6-14/h4-10,12H,3,11H2,1-2H3. The number of nitrogens with zero attached hydrogens (tertiary/aromatic N) is 2. The number of methoxy groups -OCH3 is 1. The number of thiazole rings is 1. The minimum Gasteiger partial charge on any atom is -0.494 e. The van der Waals surface area contributed by atoms with Gasteiger partial charge in [-0.3, -0.25) is 4.79 Å². The Hall–Kier alpha value is -2.44. The Kier molecular flexibility index (Phi) is 6.08. The highest BCUT2D eigenvalue weighted by Gasteiger charge is 2.19. The van der Waals surface area contributed by atoms with Crippen molar-refractivity contribution in [3.63, 3.8) is 0 Å². The monoisotopic (exact) mass is 404 g/mol. The molecule has 0 N–H and O–H groups in total. The summed E-state index contributed by atoms with van der Waals surface area (Å²) in [6.07, 6.45) is 0. The number of rotatable bonds is 6. The molecule has 0 saturated heterocycles. The first-order valence-electron chi connectivity index (χ1n) is 8.35. The molecule has 0 fully saturated rings. The van der Waals surface area contributed by atoms with Crippen LogP contribution in [0.25, 0.3) is 10.6 Å². The van der Waals surface area contributed by atoms with Crippen LogP contribution in [0.1, 0.15) is 23.0 Å². The molecule has 1 heterocycles.